The molecule has 0 aliphatic heterocycles. The number of phenols is 1. The molecule has 1 aromatic rings. The van der Waals surface area contributed by atoms with Crippen LogP contribution in [0.2, 0.25) is 0 Å². The van der Waals surface area contributed by atoms with Gasteiger partial charge in [-0.15, -0.1) is 0 Å². The van der Waals surface area contributed by atoms with Gasteiger partial charge in [-0.1, -0.05) is 12.2 Å². The van der Waals surface area contributed by atoms with Crippen LogP contribution in [-0.2, 0) is 0 Å². The Kier molecular flexibility index (Phi) is 3.72. The highest BCUT2D eigenvalue weighted by Crippen LogP contribution is 2.33. The summed E-state index contributed by atoms with van der Waals surface area (Å²) in [4.78, 5) is 0. The molecule has 0 saturated heterocycles. The van der Waals surface area contributed by atoms with E-state index in [4.69, 9.17) is 5.73 Å². The zero-order valence-electron chi connectivity index (χ0n) is 8.34. The van der Waals surface area contributed by atoms with Crippen molar-refractivity contribution in [3.05, 3.63) is 33.3 Å². The summed E-state index contributed by atoms with van der Waals surface area (Å²) in [6, 6.07) is 1.91. The maximum absolute atomic E-state index is 9.79. The minimum Gasteiger partial charge on any atom is -0.506 e. The summed E-state index contributed by atoms with van der Waals surface area (Å²) < 4.78 is 0.720. The van der Waals surface area contributed by atoms with E-state index in [1.165, 1.54) is 0 Å². The van der Waals surface area contributed by atoms with Crippen LogP contribution < -0.4 is 5.73 Å². The van der Waals surface area contributed by atoms with Gasteiger partial charge < -0.3 is 10.8 Å². The van der Waals surface area contributed by atoms with Crippen LogP contribution in [-0.4, -0.2) is 11.7 Å². The molecule has 14 heavy (non-hydrogen) atoms. The zero-order valence-corrected chi connectivity index (χ0v) is 9.93. The van der Waals surface area contributed by atoms with Gasteiger partial charge >= 0.3 is 0 Å². The smallest absolute Gasteiger partial charge is 0.137 e. The van der Waals surface area contributed by atoms with Crippen LogP contribution in [0, 0.1) is 13.8 Å². The summed E-state index contributed by atoms with van der Waals surface area (Å²) in [6.45, 7) is 4.47. The van der Waals surface area contributed by atoms with Crippen molar-refractivity contribution in [2.75, 3.05) is 6.54 Å². The highest BCUT2D eigenvalue weighted by Gasteiger charge is 2.08. The maximum Gasteiger partial charge on any atom is 0.137 e. The molecule has 1 rings (SSSR count). The van der Waals surface area contributed by atoms with Crippen molar-refractivity contribution in [1.29, 1.82) is 0 Å². The third-order valence-corrected chi connectivity index (χ3v) is 2.85. The minimum absolute atomic E-state index is 0.276. The number of halogens is 1. The summed E-state index contributed by atoms with van der Waals surface area (Å²) in [6.07, 6.45) is 3.68. The topological polar surface area (TPSA) is 46.2 Å². The fourth-order valence-electron chi connectivity index (χ4n) is 1.28. The molecule has 2 nitrogen and oxygen atoms in total. The second kappa shape index (κ2) is 4.62. The van der Waals surface area contributed by atoms with E-state index < -0.39 is 0 Å². The lowest BCUT2D eigenvalue weighted by Gasteiger charge is -2.09. The SMILES string of the molecule is Cc1cc(Br)c(O)c(/C=C/CN)c1C. The fraction of sp³-hybridized carbons (Fsp3) is 0.273. The molecular weight excluding hydrogens is 242 g/mol. The van der Waals surface area contributed by atoms with Gasteiger partial charge in [0.15, 0.2) is 0 Å². The van der Waals surface area contributed by atoms with Gasteiger partial charge in [0.25, 0.3) is 0 Å². The van der Waals surface area contributed by atoms with Crippen LogP contribution in [0.25, 0.3) is 6.08 Å². The Morgan fingerprint density at radius 1 is 1.50 bits per heavy atom. The Labute approximate surface area is 92.6 Å². The predicted molar refractivity (Wildman–Crippen MR) is 63.4 cm³/mol. The molecule has 3 N–H and O–H groups in total. The molecule has 0 aliphatic rings. The van der Waals surface area contributed by atoms with Crippen molar-refractivity contribution >= 4 is 22.0 Å². The van der Waals surface area contributed by atoms with E-state index in [9.17, 15) is 5.11 Å². The highest BCUT2D eigenvalue weighted by atomic mass is 79.9. The monoisotopic (exact) mass is 255 g/mol. The summed E-state index contributed by atoms with van der Waals surface area (Å²) >= 11 is 3.31. The van der Waals surface area contributed by atoms with Crippen LogP contribution in [0.15, 0.2) is 16.6 Å². The molecule has 0 aliphatic carbocycles. The van der Waals surface area contributed by atoms with Gasteiger partial charge in [-0.2, -0.15) is 0 Å². The van der Waals surface area contributed by atoms with Crippen LogP contribution in [0.4, 0.5) is 0 Å². The zero-order chi connectivity index (χ0) is 10.7. The Hall–Kier alpha value is -0.800. The van der Waals surface area contributed by atoms with Crippen molar-refractivity contribution in [3.8, 4) is 5.75 Å². The second-order valence-corrected chi connectivity index (χ2v) is 4.05. The van der Waals surface area contributed by atoms with E-state index in [0.29, 0.717) is 6.54 Å². The van der Waals surface area contributed by atoms with Gasteiger partial charge in [0.2, 0.25) is 0 Å². The molecule has 0 heterocycles. The molecule has 0 radical (unpaired) electrons. The van der Waals surface area contributed by atoms with E-state index in [-0.39, 0.29) is 5.75 Å². The van der Waals surface area contributed by atoms with Crippen LogP contribution >= 0.6 is 15.9 Å². The number of aryl methyl sites for hydroxylation is 1. The lowest BCUT2D eigenvalue weighted by molar-refractivity contribution is 0.470. The first kappa shape index (κ1) is 11.3. The number of rotatable bonds is 2. The fourth-order valence-corrected chi connectivity index (χ4v) is 1.83. The highest BCUT2D eigenvalue weighted by molar-refractivity contribution is 9.10. The molecule has 0 aromatic heterocycles. The number of aromatic hydroxyl groups is 1. The molecule has 0 amide bonds. The average Bonchev–Trinajstić information content (AvgIpc) is 2.15. The molecule has 0 atom stereocenters. The lowest BCUT2D eigenvalue weighted by Crippen LogP contribution is -1.93. The van der Waals surface area contributed by atoms with E-state index >= 15 is 0 Å². The molecule has 0 unspecified atom stereocenters. The molecule has 1 aromatic carbocycles. The number of benzene rings is 1. The van der Waals surface area contributed by atoms with Gasteiger partial charge in [0.1, 0.15) is 5.75 Å². The van der Waals surface area contributed by atoms with Crippen LogP contribution in [0.3, 0.4) is 0 Å². The van der Waals surface area contributed by atoms with Crippen LogP contribution in [0.1, 0.15) is 16.7 Å². The molecule has 0 saturated carbocycles. The standard InChI is InChI=1S/C11H14BrNO/c1-7-6-10(12)11(14)9(8(7)2)4-3-5-13/h3-4,6,14H,5,13H2,1-2H3/b4-3+. The van der Waals surface area contributed by atoms with Gasteiger partial charge in [0.05, 0.1) is 4.47 Å². The maximum atomic E-state index is 9.79. The van der Waals surface area contributed by atoms with E-state index in [2.05, 4.69) is 15.9 Å². The number of hydrogen-bond donors (Lipinski definition) is 2. The second-order valence-electron chi connectivity index (χ2n) is 3.20. The first-order valence-electron chi connectivity index (χ1n) is 4.43. The molecule has 3 heteroatoms. The van der Waals surface area contributed by atoms with Crippen molar-refractivity contribution < 1.29 is 5.11 Å². The van der Waals surface area contributed by atoms with Crippen molar-refractivity contribution in [2.24, 2.45) is 5.73 Å². The number of phenolic OH excluding ortho intramolecular Hbond substituents is 1. The van der Waals surface area contributed by atoms with E-state index in [1.807, 2.05) is 32.1 Å². The summed E-state index contributed by atoms with van der Waals surface area (Å²) in [5.41, 5.74) is 8.43. The third kappa shape index (κ3) is 2.16. The molecule has 0 fully saturated rings. The minimum atomic E-state index is 0.276. The van der Waals surface area contributed by atoms with Crippen molar-refractivity contribution in [3.63, 3.8) is 0 Å². The van der Waals surface area contributed by atoms with Gasteiger partial charge in [0, 0.05) is 12.1 Å². The van der Waals surface area contributed by atoms with Crippen LogP contribution in [0.5, 0.6) is 5.75 Å². The Balaban J connectivity index is 3.32. The van der Waals surface area contributed by atoms with E-state index in [0.717, 1.165) is 21.2 Å². The molecular formula is C11H14BrNO. The summed E-state index contributed by atoms with van der Waals surface area (Å²) in [7, 11) is 0. The van der Waals surface area contributed by atoms with Gasteiger partial charge in [-0.05, 0) is 47.0 Å². The largest absolute Gasteiger partial charge is 0.506 e. The third-order valence-electron chi connectivity index (χ3n) is 2.24. The molecule has 76 valence electrons. The number of hydrogen-bond acceptors (Lipinski definition) is 2. The van der Waals surface area contributed by atoms with Crippen molar-refractivity contribution in [2.45, 2.75) is 13.8 Å². The number of nitrogens with two attached hydrogens (primary N) is 1. The quantitative estimate of drug-likeness (QED) is 0.854. The van der Waals surface area contributed by atoms with Gasteiger partial charge in [-0.25, -0.2) is 0 Å². The molecule has 0 spiro atoms. The van der Waals surface area contributed by atoms with Crippen molar-refractivity contribution in [1.82, 2.24) is 0 Å². The Bertz CT molecular complexity index is 346. The lowest BCUT2D eigenvalue weighted by atomic mass is 10.0. The average molecular weight is 256 g/mol. The van der Waals surface area contributed by atoms with Gasteiger partial charge in [-0.3, -0.25) is 0 Å². The first-order chi connectivity index (χ1) is 6.57. The summed E-state index contributed by atoms with van der Waals surface area (Å²) in [5.74, 6) is 0.276. The summed E-state index contributed by atoms with van der Waals surface area (Å²) in [5, 5.41) is 9.79. The van der Waals surface area contributed by atoms with E-state index in [1.54, 1.807) is 0 Å². The Morgan fingerprint density at radius 3 is 2.71 bits per heavy atom. The Morgan fingerprint density at radius 2 is 2.14 bits per heavy atom. The first-order valence-corrected chi connectivity index (χ1v) is 5.22. The normalized spacial score (nSPS) is 11.1. The predicted octanol–water partition coefficient (Wildman–Crippen LogP) is 2.74. The molecule has 0 bridgehead atoms.